The molecule has 25 heavy (non-hydrogen) atoms. The SMILES string of the molecule is NC1CCCC(C(=O)N2CCC(Oc3ccc([N+](=O)[O-])cc3)CC2)C1. The number of amides is 1. The van der Waals surface area contributed by atoms with Crippen molar-refractivity contribution in [3.8, 4) is 5.75 Å². The van der Waals surface area contributed by atoms with E-state index in [-0.39, 0.29) is 29.7 Å². The molecule has 7 nitrogen and oxygen atoms in total. The Bertz CT molecular complexity index is 611. The molecule has 0 aromatic heterocycles. The van der Waals surface area contributed by atoms with Gasteiger partial charge in [-0.05, 0) is 31.4 Å². The number of nitro benzene ring substituents is 1. The van der Waals surface area contributed by atoms with Crippen LogP contribution >= 0.6 is 0 Å². The maximum Gasteiger partial charge on any atom is 0.269 e. The van der Waals surface area contributed by atoms with E-state index in [1.54, 1.807) is 12.1 Å². The molecule has 0 radical (unpaired) electrons. The molecule has 3 rings (SSSR count). The number of rotatable bonds is 4. The molecule has 1 saturated carbocycles. The minimum absolute atomic E-state index is 0.0409. The van der Waals surface area contributed by atoms with Gasteiger partial charge in [0, 0.05) is 50.0 Å². The number of carbonyl (C=O) groups is 1. The average molecular weight is 347 g/mol. The predicted octanol–water partition coefficient (Wildman–Crippen LogP) is 2.48. The summed E-state index contributed by atoms with van der Waals surface area (Å²) in [6, 6.07) is 6.30. The predicted molar refractivity (Wildman–Crippen MR) is 93.3 cm³/mol. The van der Waals surface area contributed by atoms with Crippen molar-refractivity contribution in [1.82, 2.24) is 4.90 Å². The summed E-state index contributed by atoms with van der Waals surface area (Å²) in [6.07, 6.45) is 5.41. The average Bonchev–Trinajstić information content (AvgIpc) is 2.62. The maximum absolute atomic E-state index is 12.6. The molecular weight excluding hydrogens is 322 g/mol. The number of non-ortho nitro benzene ring substituents is 1. The number of hydrogen-bond donors (Lipinski definition) is 1. The number of hydrogen-bond acceptors (Lipinski definition) is 5. The summed E-state index contributed by atoms with van der Waals surface area (Å²) in [5.41, 5.74) is 6.05. The van der Waals surface area contributed by atoms with Crippen molar-refractivity contribution in [3.05, 3.63) is 34.4 Å². The number of nitrogens with zero attached hydrogens (tertiary/aromatic N) is 2. The molecule has 2 aliphatic rings. The highest BCUT2D eigenvalue weighted by Gasteiger charge is 2.31. The first-order valence-corrected chi connectivity index (χ1v) is 8.98. The van der Waals surface area contributed by atoms with Crippen molar-refractivity contribution in [2.24, 2.45) is 11.7 Å². The van der Waals surface area contributed by atoms with Gasteiger partial charge in [-0.1, -0.05) is 6.42 Å². The van der Waals surface area contributed by atoms with Crippen molar-refractivity contribution in [2.75, 3.05) is 13.1 Å². The molecule has 1 aromatic carbocycles. The van der Waals surface area contributed by atoms with Gasteiger partial charge in [0.1, 0.15) is 11.9 Å². The summed E-state index contributed by atoms with van der Waals surface area (Å²) >= 11 is 0. The van der Waals surface area contributed by atoms with Crippen LogP contribution in [-0.4, -0.2) is 41.0 Å². The summed E-state index contributed by atoms with van der Waals surface area (Å²) in [7, 11) is 0. The van der Waals surface area contributed by atoms with Crippen molar-refractivity contribution in [3.63, 3.8) is 0 Å². The number of nitrogens with two attached hydrogens (primary N) is 1. The number of piperidine rings is 1. The Kier molecular flexibility index (Phi) is 5.53. The van der Waals surface area contributed by atoms with E-state index >= 15 is 0 Å². The Labute approximate surface area is 147 Å². The van der Waals surface area contributed by atoms with Crippen LogP contribution in [0.3, 0.4) is 0 Å². The van der Waals surface area contributed by atoms with Crippen LogP contribution in [0.4, 0.5) is 5.69 Å². The van der Waals surface area contributed by atoms with E-state index in [4.69, 9.17) is 10.5 Å². The molecule has 1 aromatic rings. The van der Waals surface area contributed by atoms with Gasteiger partial charge in [0.25, 0.3) is 5.69 Å². The highest BCUT2D eigenvalue weighted by Crippen LogP contribution is 2.27. The third kappa shape index (κ3) is 4.48. The number of ether oxygens (including phenoxy) is 1. The highest BCUT2D eigenvalue weighted by atomic mass is 16.6. The van der Waals surface area contributed by atoms with E-state index in [0.717, 1.165) is 38.5 Å². The summed E-state index contributed by atoms with van der Waals surface area (Å²) < 4.78 is 5.90. The van der Waals surface area contributed by atoms with Crippen LogP contribution in [0.1, 0.15) is 38.5 Å². The molecular formula is C18H25N3O4. The van der Waals surface area contributed by atoms with Crippen molar-refractivity contribution in [1.29, 1.82) is 0 Å². The molecule has 0 bridgehead atoms. The third-order valence-corrected chi connectivity index (χ3v) is 5.17. The summed E-state index contributed by atoms with van der Waals surface area (Å²) in [6.45, 7) is 1.39. The molecule has 7 heteroatoms. The standard InChI is InChI=1S/C18H25N3O4/c19-14-3-1-2-13(12-14)18(22)20-10-8-17(9-11-20)25-16-6-4-15(5-7-16)21(23)24/h4-7,13-14,17H,1-3,8-12,19H2. The quantitative estimate of drug-likeness (QED) is 0.666. The molecule has 1 aliphatic carbocycles. The molecule has 136 valence electrons. The largest absolute Gasteiger partial charge is 0.490 e. The van der Waals surface area contributed by atoms with Crippen LogP contribution in [0.5, 0.6) is 5.75 Å². The molecule has 2 N–H and O–H groups in total. The Morgan fingerprint density at radius 2 is 1.84 bits per heavy atom. The van der Waals surface area contributed by atoms with Crippen LogP contribution in [0.2, 0.25) is 0 Å². The third-order valence-electron chi connectivity index (χ3n) is 5.17. The van der Waals surface area contributed by atoms with Gasteiger partial charge in [-0.15, -0.1) is 0 Å². The second-order valence-corrected chi connectivity index (χ2v) is 7.02. The fourth-order valence-corrected chi connectivity index (χ4v) is 3.74. The Hall–Kier alpha value is -2.15. The van der Waals surface area contributed by atoms with E-state index in [0.29, 0.717) is 18.8 Å². The lowest BCUT2D eigenvalue weighted by molar-refractivity contribution is -0.384. The minimum Gasteiger partial charge on any atom is -0.490 e. The van der Waals surface area contributed by atoms with Crippen LogP contribution in [0.15, 0.2) is 24.3 Å². The topological polar surface area (TPSA) is 98.7 Å². The number of carbonyl (C=O) groups excluding carboxylic acids is 1. The molecule has 1 amide bonds. The van der Waals surface area contributed by atoms with Gasteiger partial charge < -0.3 is 15.4 Å². The van der Waals surface area contributed by atoms with E-state index in [2.05, 4.69) is 0 Å². The molecule has 2 unspecified atom stereocenters. The summed E-state index contributed by atoms with van der Waals surface area (Å²) in [5.74, 6) is 0.952. The van der Waals surface area contributed by atoms with Crippen LogP contribution in [-0.2, 0) is 4.79 Å². The Morgan fingerprint density at radius 1 is 1.16 bits per heavy atom. The van der Waals surface area contributed by atoms with E-state index < -0.39 is 4.92 Å². The van der Waals surface area contributed by atoms with Gasteiger partial charge in [-0.2, -0.15) is 0 Å². The number of nitro groups is 1. The lowest BCUT2D eigenvalue weighted by atomic mass is 9.85. The highest BCUT2D eigenvalue weighted by molar-refractivity contribution is 5.79. The van der Waals surface area contributed by atoms with E-state index in [1.165, 1.54) is 12.1 Å². The van der Waals surface area contributed by atoms with Crippen LogP contribution in [0, 0.1) is 16.0 Å². The normalized spacial score (nSPS) is 24.8. The summed E-state index contributed by atoms with van der Waals surface area (Å²) in [4.78, 5) is 24.8. The zero-order chi connectivity index (χ0) is 17.8. The molecule has 1 aliphatic heterocycles. The zero-order valence-electron chi connectivity index (χ0n) is 14.3. The van der Waals surface area contributed by atoms with Gasteiger partial charge in [0.05, 0.1) is 4.92 Å². The van der Waals surface area contributed by atoms with Gasteiger partial charge in [0.2, 0.25) is 5.91 Å². The minimum atomic E-state index is -0.426. The first kappa shape index (κ1) is 17.7. The van der Waals surface area contributed by atoms with Crippen molar-refractivity contribution in [2.45, 2.75) is 50.7 Å². The van der Waals surface area contributed by atoms with Crippen molar-refractivity contribution >= 4 is 11.6 Å². The van der Waals surface area contributed by atoms with E-state index in [9.17, 15) is 14.9 Å². The Balaban J connectivity index is 1.48. The second kappa shape index (κ2) is 7.82. The molecule has 1 heterocycles. The first-order chi connectivity index (χ1) is 12.0. The number of benzene rings is 1. The van der Waals surface area contributed by atoms with Crippen LogP contribution < -0.4 is 10.5 Å². The Morgan fingerprint density at radius 3 is 2.44 bits per heavy atom. The fourth-order valence-electron chi connectivity index (χ4n) is 3.74. The monoisotopic (exact) mass is 347 g/mol. The molecule has 1 saturated heterocycles. The van der Waals surface area contributed by atoms with Gasteiger partial charge in [0.15, 0.2) is 0 Å². The lowest BCUT2D eigenvalue weighted by Gasteiger charge is -2.36. The van der Waals surface area contributed by atoms with E-state index in [1.807, 2.05) is 4.90 Å². The molecule has 2 fully saturated rings. The van der Waals surface area contributed by atoms with Crippen LogP contribution in [0.25, 0.3) is 0 Å². The lowest BCUT2D eigenvalue weighted by Crippen LogP contribution is -2.46. The summed E-state index contributed by atoms with van der Waals surface area (Å²) in [5, 5.41) is 10.7. The maximum atomic E-state index is 12.6. The smallest absolute Gasteiger partial charge is 0.269 e. The molecule has 0 spiro atoms. The number of likely N-dealkylation sites (tertiary alicyclic amines) is 1. The van der Waals surface area contributed by atoms with Crippen molar-refractivity contribution < 1.29 is 14.5 Å². The van der Waals surface area contributed by atoms with Gasteiger partial charge in [-0.25, -0.2) is 0 Å². The first-order valence-electron chi connectivity index (χ1n) is 8.98. The van der Waals surface area contributed by atoms with Gasteiger partial charge in [-0.3, -0.25) is 14.9 Å². The van der Waals surface area contributed by atoms with Gasteiger partial charge >= 0.3 is 0 Å². The second-order valence-electron chi connectivity index (χ2n) is 7.02. The zero-order valence-corrected chi connectivity index (χ0v) is 14.3. The molecule has 2 atom stereocenters. The fraction of sp³-hybridized carbons (Fsp3) is 0.611.